The molecule has 3 aromatic carbocycles. The van der Waals surface area contributed by atoms with Gasteiger partial charge in [0.15, 0.2) is 11.9 Å². The lowest BCUT2D eigenvalue weighted by Gasteiger charge is -2.31. The number of ether oxygens (including phenoxy) is 1. The van der Waals surface area contributed by atoms with Gasteiger partial charge in [-0.15, -0.1) is 0 Å². The predicted octanol–water partition coefficient (Wildman–Crippen LogP) is 4.27. The minimum absolute atomic E-state index is 0.0241. The number of amides is 1. The van der Waals surface area contributed by atoms with Gasteiger partial charge in [0.1, 0.15) is 5.75 Å². The van der Waals surface area contributed by atoms with E-state index in [-0.39, 0.29) is 11.7 Å². The van der Waals surface area contributed by atoms with Crippen LogP contribution in [0.25, 0.3) is 0 Å². The molecule has 1 heterocycles. The van der Waals surface area contributed by atoms with E-state index in [0.717, 1.165) is 6.42 Å². The summed E-state index contributed by atoms with van der Waals surface area (Å²) in [5.74, 6) is 0.519. The first-order valence-corrected chi connectivity index (χ1v) is 9.84. The van der Waals surface area contributed by atoms with E-state index in [4.69, 9.17) is 4.74 Å². The van der Waals surface area contributed by atoms with E-state index in [1.54, 1.807) is 43.3 Å². The second-order valence-electron chi connectivity index (χ2n) is 7.26. The molecule has 0 fully saturated rings. The number of benzene rings is 3. The molecule has 0 aliphatic carbocycles. The Labute approximate surface area is 170 Å². The molecule has 4 heteroatoms. The van der Waals surface area contributed by atoms with Crippen molar-refractivity contribution in [1.29, 1.82) is 0 Å². The number of hydrogen-bond acceptors (Lipinski definition) is 3. The van der Waals surface area contributed by atoms with Crippen molar-refractivity contribution in [2.45, 2.75) is 26.0 Å². The summed E-state index contributed by atoms with van der Waals surface area (Å²) in [5, 5.41) is 0. The molecule has 1 aliphatic rings. The van der Waals surface area contributed by atoms with Crippen molar-refractivity contribution in [3.63, 3.8) is 0 Å². The summed E-state index contributed by atoms with van der Waals surface area (Å²) in [7, 11) is 0. The van der Waals surface area contributed by atoms with Gasteiger partial charge in [-0.2, -0.15) is 0 Å². The Hall–Kier alpha value is -3.40. The largest absolute Gasteiger partial charge is 0.481 e. The van der Waals surface area contributed by atoms with Crippen molar-refractivity contribution in [1.82, 2.24) is 4.90 Å². The fourth-order valence-electron chi connectivity index (χ4n) is 3.64. The SMILES string of the molecule is CC(Oc1ccc(C(=O)c2ccccc2)cc1)C(=O)N1CCc2ccccc2C1. The summed E-state index contributed by atoms with van der Waals surface area (Å²) >= 11 is 0. The molecule has 29 heavy (non-hydrogen) atoms. The summed E-state index contributed by atoms with van der Waals surface area (Å²) in [5.41, 5.74) is 3.75. The van der Waals surface area contributed by atoms with Gasteiger partial charge in [-0.25, -0.2) is 0 Å². The van der Waals surface area contributed by atoms with E-state index in [0.29, 0.717) is 30.0 Å². The summed E-state index contributed by atoms with van der Waals surface area (Å²) in [6.45, 7) is 3.09. The van der Waals surface area contributed by atoms with Crippen LogP contribution < -0.4 is 4.74 Å². The fraction of sp³-hybridized carbons (Fsp3) is 0.200. The molecule has 0 radical (unpaired) electrons. The molecule has 1 unspecified atom stereocenters. The maximum absolute atomic E-state index is 12.8. The van der Waals surface area contributed by atoms with Crippen LogP contribution in [0, 0.1) is 0 Å². The number of nitrogens with zero attached hydrogens (tertiary/aromatic N) is 1. The highest BCUT2D eigenvalue weighted by molar-refractivity contribution is 6.09. The molecular weight excluding hydrogens is 362 g/mol. The van der Waals surface area contributed by atoms with Crippen molar-refractivity contribution in [2.24, 2.45) is 0 Å². The molecule has 1 amide bonds. The first-order valence-electron chi connectivity index (χ1n) is 9.84. The zero-order chi connectivity index (χ0) is 20.2. The van der Waals surface area contributed by atoms with Gasteiger partial charge in [0.2, 0.25) is 0 Å². The molecule has 0 saturated carbocycles. The van der Waals surface area contributed by atoms with Crippen LogP contribution in [0.4, 0.5) is 0 Å². The molecule has 1 aliphatic heterocycles. The summed E-state index contributed by atoms with van der Waals surface area (Å²) in [4.78, 5) is 27.2. The van der Waals surface area contributed by atoms with Crippen molar-refractivity contribution in [3.8, 4) is 5.75 Å². The minimum Gasteiger partial charge on any atom is -0.481 e. The average molecular weight is 385 g/mol. The average Bonchev–Trinajstić information content (AvgIpc) is 2.79. The number of rotatable bonds is 5. The summed E-state index contributed by atoms with van der Waals surface area (Å²) in [6, 6.07) is 24.3. The number of ketones is 1. The van der Waals surface area contributed by atoms with Crippen molar-refractivity contribution in [2.75, 3.05) is 6.54 Å². The fourth-order valence-corrected chi connectivity index (χ4v) is 3.64. The van der Waals surface area contributed by atoms with Gasteiger partial charge in [-0.3, -0.25) is 9.59 Å². The normalized spacial score (nSPS) is 14.0. The minimum atomic E-state index is -0.587. The molecule has 4 rings (SSSR count). The molecule has 0 spiro atoms. The smallest absolute Gasteiger partial charge is 0.263 e. The zero-order valence-corrected chi connectivity index (χ0v) is 16.4. The molecule has 3 aromatic rings. The molecule has 146 valence electrons. The molecular formula is C25H23NO3. The summed E-state index contributed by atoms with van der Waals surface area (Å²) < 4.78 is 5.86. The molecule has 0 aromatic heterocycles. The lowest BCUT2D eigenvalue weighted by atomic mass is 9.99. The zero-order valence-electron chi connectivity index (χ0n) is 16.4. The van der Waals surface area contributed by atoms with E-state index in [1.807, 2.05) is 35.2 Å². The van der Waals surface area contributed by atoms with Gasteiger partial charge in [-0.05, 0) is 48.7 Å². The van der Waals surface area contributed by atoms with Crippen LogP contribution in [-0.2, 0) is 17.8 Å². The number of carbonyl (C=O) groups excluding carboxylic acids is 2. The first kappa shape index (κ1) is 18.9. The van der Waals surface area contributed by atoms with Crippen LogP contribution in [0.5, 0.6) is 5.75 Å². The van der Waals surface area contributed by atoms with Crippen LogP contribution >= 0.6 is 0 Å². The third kappa shape index (κ3) is 4.21. The Morgan fingerprint density at radius 1 is 0.828 bits per heavy atom. The Balaban J connectivity index is 1.39. The van der Waals surface area contributed by atoms with Gasteiger partial charge in [0.25, 0.3) is 5.91 Å². The Bertz CT molecular complexity index is 1010. The molecule has 0 bridgehead atoms. The van der Waals surface area contributed by atoms with Gasteiger partial charge in [-0.1, -0.05) is 54.6 Å². The predicted molar refractivity (Wildman–Crippen MR) is 112 cm³/mol. The maximum Gasteiger partial charge on any atom is 0.263 e. The highest BCUT2D eigenvalue weighted by atomic mass is 16.5. The first-order chi connectivity index (χ1) is 14.1. The topological polar surface area (TPSA) is 46.6 Å². The van der Waals surface area contributed by atoms with Crippen molar-refractivity contribution in [3.05, 3.63) is 101 Å². The van der Waals surface area contributed by atoms with Gasteiger partial charge in [0, 0.05) is 24.2 Å². The van der Waals surface area contributed by atoms with Gasteiger partial charge in [0.05, 0.1) is 0 Å². The van der Waals surface area contributed by atoms with Crippen LogP contribution in [0.15, 0.2) is 78.9 Å². The Morgan fingerprint density at radius 3 is 2.17 bits per heavy atom. The Morgan fingerprint density at radius 2 is 1.45 bits per heavy atom. The highest BCUT2D eigenvalue weighted by Gasteiger charge is 2.25. The van der Waals surface area contributed by atoms with E-state index in [9.17, 15) is 9.59 Å². The number of hydrogen-bond donors (Lipinski definition) is 0. The van der Waals surface area contributed by atoms with Crippen LogP contribution in [0.3, 0.4) is 0 Å². The van der Waals surface area contributed by atoms with Crippen molar-refractivity contribution < 1.29 is 14.3 Å². The molecule has 0 N–H and O–H groups in total. The lowest BCUT2D eigenvalue weighted by Crippen LogP contribution is -2.43. The van der Waals surface area contributed by atoms with E-state index in [1.165, 1.54) is 11.1 Å². The van der Waals surface area contributed by atoms with Gasteiger partial charge >= 0.3 is 0 Å². The standard InChI is InChI=1S/C25H23NO3/c1-18(25(28)26-16-15-19-7-5-6-10-22(19)17-26)29-23-13-11-21(12-14-23)24(27)20-8-3-2-4-9-20/h2-14,18H,15-17H2,1H3. The quantitative estimate of drug-likeness (QED) is 0.616. The third-order valence-electron chi connectivity index (χ3n) is 5.26. The van der Waals surface area contributed by atoms with E-state index in [2.05, 4.69) is 12.1 Å². The highest BCUT2D eigenvalue weighted by Crippen LogP contribution is 2.21. The van der Waals surface area contributed by atoms with Gasteiger partial charge < -0.3 is 9.64 Å². The van der Waals surface area contributed by atoms with Crippen molar-refractivity contribution >= 4 is 11.7 Å². The lowest BCUT2D eigenvalue weighted by molar-refractivity contribution is -0.138. The van der Waals surface area contributed by atoms with Crippen LogP contribution in [-0.4, -0.2) is 29.2 Å². The second-order valence-corrected chi connectivity index (χ2v) is 7.26. The van der Waals surface area contributed by atoms with E-state index >= 15 is 0 Å². The number of carbonyl (C=O) groups is 2. The molecule has 1 atom stereocenters. The van der Waals surface area contributed by atoms with E-state index < -0.39 is 6.10 Å². The molecule has 0 saturated heterocycles. The van der Waals surface area contributed by atoms with Crippen LogP contribution in [0.1, 0.15) is 34.0 Å². The maximum atomic E-state index is 12.8. The monoisotopic (exact) mass is 385 g/mol. The van der Waals surface area contributed by atoms with Crippen LogP contribution in [0.2, 0.25) is 0 Å². The second kappa shape index (κ2) is 8.31. The third-order valence-corrected chi connectivity index (χ3v) is 5.26. The molecule has 4 nitrogen and oxygen atoms in total. The Kier molecular flexibility index (Phi) is 5.43. The number of fused-ring (bicyclic) bond motifs is 1. The summed E-state index contributed by atoms with van der Waals surface area (Å²) in [6.07, 6.45) is 0.279.